The molecule has 2 aromatic carbocycles. The Balaban J connectivity index is 1.58. The van der Waals surface area contributed by atoms with E-state index >= 15 is 0 Å². The number of methoxy groups -OCH3 is 1. The van der Waals surface area contributed by atoms with Crippen molar-refractivity contribution < 1.29 is 27.5 Å². The first-order chi connectivity index (χ1) is 15.7. The van der Waals surface area contributed by atoms with Crippen LogP contribution >= 0.6 is 11.6 Å². The van der Waals surface area contributed by atoms with Crippen LogP contribution in [0.1, 0.15) is 25.3 Å². The number of rotatable bonds is 8. The Hall–Kier alpha value is -2.62. The molecule has 1 heterocycles. The Morgan fingerprint density at radius 3 is 2.39 bits per heavy atom. The van der Waals surface area contributed by atoms with Crippen LogP contribution in [0, 0.1) is 5.92 Å². The van der Waals surface area contributed by atoms with Crippen molar-refractivity contribution in [1.29, 1.82) is 0 Å². The molecule has 33 heavy (non-hydrogen) atoms. The van der Waals surface area contributed by atoms with Gasteiger partial charge in [0.15, 0.2) is 0 Å². The van der Waals surface area contributed by atoms with Crippen LogP contribution in [-0.4, -0.2) is 51.4 Å². The summed E-state index contributed by atoms with van der Waals surface area (Å²) in [6, 6.07) is 11.5. The van der Waals surface area contributed by atoms with Crippen LogP contribution in [0.3, 0.4) is 0 Å². The molecule has 1 N–H and O–H groups in total. The van der Waals surface area contributed by atoms with Crippen molar-refractivity contribution >= 4 is 39.2 Å². The second-order valence-corrected chi connectivity index (χ2v) is 9.98. The van der Waals surface area contributed by atoms with Crippen molar-refractivity contribution in [2.75, 3.05) is 32.1 Å². The third kappa shape index (κ3) is 6.25. The van der Waals surface area contributed by atoms with Crippen LogP contribution in [0.2, 0.25) is 5.02 Å². The SMILES string of the molecule is CCOC(=O)Cc1ccc(NC(=O)C2CCN(S(=O)(=O)c3cc(Cl)ccc3OC)CC2)cc1. The number of amides is 1. The number of hydrogen-bond donors (Lipinski definition) is 1. The standard InChI is InChI=1S/C23H27ClN2O6S/c1-3-32-22(27)14-16-4-7-19(8-5-16)25-23(28)17-10-12-26(13-11-17)33(29,30)21-15-18(24)6-9-20(21)31-2/h4-9,15,17H,3,10-14H2,1-2H3,(H,25,28). The van der Waals surface area contributed by atoms with Gasteiger partial charge < -0.3 is 14.8 Å². The topological polar surface area (TPSA) is 102 Å². The summed E-state index contributed by atoms with van der Waals surface area (Å²) in [4.78, 5) is 24.3. The van der Waals surface area contributed by atoms with Crippen LogP contribution in [0.15, 0.2) is 47.4 Å². The summed E-state index contributed by atoms with van der Waals surface area (Å²) < 4.78 is 37.7. The largest absolute Gasteiger partial charge is 0.495 e. The van der Waals surface area contributed by atoms with Gasteiger partial charge in [0.1, 0.15) is 10.6 Å². The zero-order valence-electron chi connectivity index (χ0n) is 18.5. The summed E-state index contributed by atoms with van der Waals surface area (Å²) in [5.74, 6) is -0.542. The smallest absolute Gasteiger partial charge is 0.310 e. The number of piperidine rings is 1. The van der Waals surface area contributed by atoms with E-state index < -0.39 is 10.0 Å². The van der Waals surface area contributed by atoms with Crippen molar-refractivity contribution in [3.8, 4) is 5.75 Å². The minimum Gasteiger partial charge on any atom is -0.495 e. The van der Waals surface area contributed by atoms with Gasteiger partial charge in [-0.15, -0.1) is 0 Å². The fourth-order valence-electron chi connectivity index (χ4n) is 3.68. The molecular weight excluding hydrogens is 468 g/mol. The molecule has 0 radical (unpaired) electrons. The average molecular weight is 495 g/mol. The van der Waals surface area contributed by atoms with Crippen molar-refractivity contribution in [1.82, 2.24) is 4.31 Å². The molecule has 0 spiro atoms. The summed E-state index contributed by atoms with van der Waals surface area (Å²) in [6.07, 6.45) is 0.968. The van der Waals surface area contributed by atoms with E-state index in [0.29, 0.717) is 30.2 Å². The van der Waals surface area contributed by atoms with E-state index in [4.69, 9.17) is 21.1 Å². The number of carbonyl (C=O) groups excluding carboxylic acids is 2. The number of sulfonamides is 1. The number of halogens is 1. The lowest BCUT2D eigenvalue weighted by Gasteiger charge is -2.31. The van der Waals surface area contributed by atoms with E-state index in [-0.39, 0.29) is 47.9 Å². The van der Waals surface area contributed by atoms with Crippen molar-refractivity contribution in [2.24, 2.45) is 5.92 Å². The second-order valence-electron chi connectivity index (χ2n) is 7.64. The molecule has 1 saturated heterocycles. The van der Waals surface area contributed by atoms with E-state index in [1.807, 2.05) is 0 Å². The fraction of sp³-hybridized carbons (Fsp3) is 0.391. The first-order valence-electron chi connectivity index (χ1n) is 10.6. The molecule has 0 saturated carbocycles. The Morgan fingerprint density at radius 2 is 1.79 bits per heavy atom. The van der Waals surface area contributed by atoms with Gasteiger partial charge in [-0.2, -0.15) is 4.31 Å². The number of benzene rings is 2. The lowest BCUT2D eigenvalue weighted by atomic mass is 9.97. The molecule has 0 bridgehead atoms. The van der Waals surface area contributed by atoms with Gasteiger partial charge >= 0.3 is 5.97 Å². The number of anilines is 1. The van der Waals surface area contributed by atoms with Gasteiger partial charge in [0, 0.05) is 29.7 Å². The van der Waals surface area contributed by atoms with Crippen molar-refractivity contribution in [3.63, 3.8) is 0 Å². The van der Waals surface area contributed by atoms with Gasteiger partial charge in [-0.1, -0.05) is 23.7 Å². The van der Waals surface area contributed by atoms with E-state index in [2.05, 4.69) is 5.32 Å². The maximum atomic E-state index is 13.1. The highest BCUT2D eigenvalue weighted by atomic mass is 35.5. The Labute approximate surface area is 198 Å². The number of hydrogen-bond acceptors (Lipinski definition) is 6. The minimum absolute atomic E-state index is 0.0170. The molecule has 0 atom stereocenters. The summed E-state index contributed by atoms with van der Waals surface area (Å²) in [6.45, 7) is 2.52. The van der Waals surface area contributed by atoms with E-state index in [1.54, 1.807) is 37.3 Å². The maximum Gasteiger partial charge on any atom is 0.310 e. The molecule has 0 aromatic heterocycles. The fourth-order valence-corrected chi connectivity index (χ4v) is 5.57. The van der Waals surface area contributed by atoms with Crippen LogP contribution in [-0.2, 0) is 30.8 Å². The highest BCUT2D eigenvalue weighted by Gasteiger charge is 2.33. The lowest BCUT2D eigenvalue weighted by molar-refractivity contribution is -0.142. The van der Waals surface area contributed by atoms with Gasteiger partial charge in [0.2, 0.25) is 15.9 Å². The van der Waals surface area contributed by atoms with Gasteiger partial charge in [0.05, 0.1) is 20.1 Å². The molecule has 1 aliphatic heterocycles. The number of carbonyl (C=O) groups is 2. The summed E-state index contributed by atoms with van der Waals surface area (Å²) in [5, 5.41) is 3.17. The minimum atomic E-state index is -3.80. The predicted octanol–water partition coefficient (Wildman–Crippen LogP) is 3.49. The zero-order valence-corrected chi connectivity index (χ0v) is 20.1. The van der Waals surface area contributed by atoms with Crippen LogP contribution in [0.25, 0.3) is 0 Å². The maximum absolute atomic E-state index is 13.1. The first kappa shape index (κ1) is 25.0. The number of ether oxygens (including phenoxy) is 2. The molecule has 2 aromatic rings. The predicted molar refractivity (Wildman–Crippen MR) is 125 cm³/mol. The molecule has 1 fully saturated rings. The summed E-state index contributed by atoms with van der Waals surface area (Å²) in [7, 11) is -2.39. The third-order valence-electron chi connectivity index (χ3n) is 5.44. The highest BCUT2D eigenvalue weighted by molar-refractivity contribution is 7.89. The van der Waals surface area contributed by atoms with Crippen LogP contribution < -0.4 is 10.1 Å². The van der Waals surface area contributed by atoms with Gasteiger partial charge in [-0.25, -0.2) is 8.42 Å². The number of nitrogens with one attached hydrogen (secondary N) is 1. The van der Waals surface area contributed by atoms with Crippen molar-refractivity contribution in [2.45, 2.75) is 31.1 Å². The monoisotopic (exact) mass is 494 g/mol. The van der Waals surface area contributed by atoms with Crippen LogP contribution in [0.4, 0.5) is 5.69 Å². The lowest BCUT2D eigenvalue weighted by Crippen LogP contribution is -2.41. The Bertz CT molecular complexity index is 1100. The summed E-state index contributed by atoms with van der Waals surface area (Å²) >= 11 is 5.99. The highest BCUT2D eigenvalue weighted by Crippen LogP contribution is 2.32. The normalized spacial score (nSPS) is 15.1. The molecule has 10 heteroatoms. The zero-order chi connectivity index (χ0) is 24.0. The molecule has 0 aliphatic carbocycles. The van der Waals surface area contributed by atoms with E-state index in [1.165, 1.54) is 23.5 Å². The average Bonchev–Trinajstić information content (AvgIpc) is 2.80. The van der Waals surface area contributed by atoms with Gasteiger partial charge in [0.25, 0.3) is 0 Å². The van der Waals surface area contributed by atoms with E-state index in [0.717, 1.165) is 5.56 Å². The number of esters is 1. The third-order valence-corrected chi connectivity index (χ3v) is 7.60. The first-order valence-corrected chi connectivity index (χ1v) is 12.5. The molecular formula is C23H27ClN2O6S. The van der Waals surface area contributed by atoms with Gasteiger partial charge in [-0.3, -0.25) is 9.59 Å². The van der Waals surface area contributed by atoms with Gasteiger partial charge in [-0.05, 0) is 55.7 Å². The van der Waals surface area contributed by atoms with Crippen LogP contribution in [0.5, 0.6) is 5.75 Å². The van der Waals surface area contributed by atoms with Crippen molar-refractivity contribution in [3.05, 3.63) is 53.1 Å². The number of nitrogens with zero attached hydrogens (tertiary/aromatic N) is 1. The summed E-state index contributed by atoms with van der Waals surface area (Å²) in [5.41, 5.74) is 1.41. The molecule has 1 amide bonds. The quantitative estimate of drug-likeness (QED) is 0.563. The van der Waals surface area contributed by atoms with E-state index in [9.17, 15) is 18.0 Å². The second kappa shape index (κ2) is 11.0. The molecule has 1 aliphatic rings. The Kier molecular flexibility index (Phi) is 8.34. The molecule has 8 nitrogen and oxygen atoms in total. The Morgan fingerprint density at radius 1 is 1.12 bits per heavy atom. The molecule has 178 valence electrons. The molecule has 0 unspecified atom stereocenters. The molecule has 3 rings (SSSR count).